The van der Waals surface area contributed by atoms with E-state index < -0.39 is 0 Å². The Morgan fingerprint density at radius 1 is 1.12 bits per heavy atom. The van der Waals surface area contributed by atoms with Crippen LogP contribution in [0.2, 0.25) is 0 Å². The van der Waals surface area contributed by atoms with Crippen molar-refractivity contribution in [1.82, 2.24) is 14.8 Å². The topological polar surface area (TPSA) is 69.0 Å². The second-order valence-corrected chi connectivity index (χ2v) is 10.1. The van der Waals surface area contributed by atoms with Crippen molar-refractivity contribution in [2.45, 2.75) is 71.7 Å². The first-order chi connectivity index (χ1) is 15.6. The highest BCUT2D eigenvalue weighted by Crippen LogP contribution is 2.28. The zero-order valence-electron chi connectivity index (χ0n) is 20.6. The van der Waals surface area contributed by atoms with E-state index in [4.69, 9.17) is 4.74 Å². The van der Waals surface area contributed by atoms with Gasteiger partial charge in [0.05, 0.1) is 5.75 Å². The van der Waals surface area contributed by atoms with Crippen molar-refractivity contribution in [3.63, 3.8) is 0 Å². The largest absolute Gasteiger partial charge is 0.483 e. The second-order valence-electron chi connectivity index (χ2n) is 9.20. The number of rotatable bonds is 8. The lowest BCUT2D eigenvalue weighted by molar-refractivity contribution is -0.113. The molecule has 1 heterocycles. The zero-order chi connectivity index (χ0) is 24.2. The van der Waals surface area contributed by atoms with Crippen molar-refractivity contribution in [3.8, 4) is 5.75 Å². The Bertz CT molecular complexity index is 1100. The Morgan fingerprint density at radius 3 is 2.45 bits per heavy atom. The molecule has 0 fully saturated rings. The summed E-state index contributed by atoms with van der Waals surface area (Å²) in [7, 11) is 0. The van der Waals surface area contributed by atoms with Gasteiger partial charge in [-0.3, -0.25) is 4.79 Å². The van der Waals surface area contributed by atoms with Gasteiger partial charge < -0.3 is 14.6 Å². The number of aryl methyl sites for hydroxylation is 1. The number of thioether (sulfide) groups is 1. The van der Waals surface area contributed by atoms with E-state index in [2.05, 4.69) is 48.4 Å². The molecule has 0 saturated carbocycles. The Labute approximate surface area is 201 Å². The molecule has 0 aliphatic rings. The normalized spacial score (nSPS) is 12.5. The number of carbonyl (C=O) groups excluding carboxylic acids is 1. The Morgan fingerprint density at radius 2 is 1.82 bits per heavy atom. The van der Waals surface area contributed by atoms with Crippen LogP contribution < -0.4 is 10.1 Å². The fraction of sp³-hybridized carbons (Fsp3) is 0.423. The maximum absolute atomic E-state index is 12.5. The predicted molar refractivity (Wildman–Crippen MR) is 135 cm³/mol. The highest BCUT2D eigenvalue weighted by Gasteiger charge is 2.20. The Balaban J connectivity index is 1.64. The van der Waals surface area contributed by atoms with Gasteiger partial charge in [0.15, 0.2) is 17.1 Å². The molecule has 7 heteroatoms. The molecule has 2 aromatic carbocycles. The molecule has 0 radical (unpaired) electrons. The van der Waals surface area contributed by atoms with Crippen molar-refractivity contribution >= 4 is 23.4 Å². The van der Waals surface area contributed by atoms with Gasteiger partial charge in [0, 0.05) is 12.2 Å². The van der Waals surface area contributed by atoms with E-state index in [0.29, 0.717) is 11.7 Å². The summed E-state index contributed by atoms with van der Waals surface area (Å²) in [6.45, 7) is 15.3. The lowest BCUT2D eigenvalue weighted by Gasteiger charge is -2.20. The monoisotopic (exact) mass is 466 g/mol. The zero-order valence-corrected chi connectivity index (χ0v) is 21.4. The molecule has 0 saturated heterocycles. The summed E-state index contributed by atoms with van der Waals surface area (Å²) in [6, 6.07) is 14.1. The molecule has 1 unspecified atom stereocenters. The van der Waals surface area contributed by atoms with Gasteiger partial charge in [0.1, 0.15) is 5.75 Å². The van der Waals surface area contributed by atoms with Crippen LogP contribution in [0.25, 0.3) is 0 Å². The summed E-state index contributed by atoms with van der Waals surface area (Å²) < 4.78 is 8.14. The van der Waals surface area contributed by atoms with Gasteiger partial charge in [0.2, 0.25) is 5.91 Å². The number of hydrogen-bond acceptors (Lipinski definition) is 5. The van der Waals surface area contributed by atoms with Gasteiger partial charge in [-0.1, -0.05) is 56.8 Å². The molecule has 33 heavy (non-hydrogen) atoms. The van der Waals surface area contributed by atoms with Crippen LogP contribution in [0, 0.1) is 13.8 Å². The number of nitrogens with zero attached hydrogens (tertiary/aromatic N) is 3. The Kier molecular flexibility index (Phi) is 7.84. The molecular formula is C26H34N4O2S. The molecule has 0 bridgehead atoms. The molecule has 1 aromatic heterocycles. The minimum atomic E-state index is -0.268. The van der Waals surface area contributed by atoms with Gasteiger partial charge in [-0.2, -0.15) is 0 Å². The second kappa shape index (κ2) is 10.4. The van der Waals surface area contributed by atoms with Gasteiger partial charge in [-0.15, -0.1) is 10.2 Å². The smallest absolute Gasteiger partial charge is 0.234 e. The van der Waals surface area contributed by atoms with Crippen LogP contribution in [0.15, 0.2) is 47.6 Å². The van der Waals surface area contributed by atoms with Crippen molar-refractivity contribution in [3.05, 3.63) is 65.0 Å². The summed E-state index contributed by atoms with van der Waals surface area (Å²) in [5.41, 5.74) is 4.44. The quantitative estimate of drug-likeness (QED) is 0.407. The molecule has 3 rings (SSSR count). The van der Waals surface area contributed by atoms with E-state index in [9.17, 15) is 4.79 Å². The average molecular weight is 467 g/mol. The maximum atomic E-state index is 12.5. The summed E-state index contributed by atoms with van der Waals surface area (Å²) >= 11 is 1.38. The van der Waals surface area contributed by atoms with Gasteiger partial charge >= 0.3 is 0 Å². The van der Waals surface area contributed by atoms with Crippen LogP contribution in [0.1, 0.15) is 63.2 Å². The van der Waals surface area contributed by atoms with Crippen molar-refractivity contribution in [2.75, 3.05) is 11.1 Å². The minimum absolute atomic E-state index is 0.0656. The van der Waals surface area contributed by atoms with Crippen LogP contribution in [-0.2, 0) is 16.8 Å². The predicted octanol–water partition coefficient (Wildman–Crippen LogP) is 6.08. The number of ether oxygens (including phenoxy) is 1. The van der Waals surface area contributed by atoms with Crippen molar-refractivity contribution in [2.24, 2.45) is 0 Å². The van der Waals surface area contributed by atoms with Gasteiger partial charge in [-0.25, -0.2) is 0 Å². The highest BCUT2D eigenvalue weighted by atomic mass is 32.2. The summed E-state index contributed by atoms with van der Waals surface area (Å²) in [6.07, 6.45) is -0.268. The molecular weight excluding hydrogens is 432 g/mol. The van der Waals surface area contributed by atoms with E-state index >= 15 is 0 Å². The van der Waals surface area contributed by atoms with Crippen molar-refractivity contribution < 1.29 is 9.53 Å². The molecule has 1 N–H and O–H groups in total. The third kappa shape index (κ3) is 6.16. The van der Waals surface area contributed by atoms with E-state index in [1.54, 1.807) is 0 Å². The van der Waals surface area contributed by atoms with E-state index in [1.165, 1.54) is 17.3 Å². The highest BCUT2D eigenvalue weighted by molar-refractivity contribution is 7.99. The van der Waals surface area contributed by atoms with Crippen LogP contribution >= 0.6 is 11.8 Å². The molecule has 1 amide bonds. The minimum Gasteiger partial charge on any atom is -0.483 e. The SMILES string of the molecule is CCn1c(SCC(=O)Nc2cccc(C)c2C)nnc1C(C)Oc1ccc(C(C)(C)C)cc1. The first kappa shape index (κ1) is 24.8. The standard InChI is InChI=1S/C26H34N4O2S/c1-8-30-24(19(4)32-21-14-12-20(13-15-21)26(5,6)7)28-29-25(30)33-16-23(31)27-22-11-9-10-17(2)18(22)3/h9-15,19H,8,16H2,1-7H3,(H,27,31). The molecule has 0 aliphatic heterocycles. The lowest BCUT2D eigenvalue weighted by Crippen LogP contribution is -2.16. The number of nitrogens with one attached hydrogen (secondary N) is 1. The molecule has 1 atom stereocenters. The lowest BCUT2D eigenvalue weighted by atomic mass is 9.87. The third-order valence-electron chi connectivity index (χ3n) is 5.67. The molecule has 6 nitrogen and oxygen atoms in total. The number of aromatic nitrogens is 3. The number of hydrogen-bond donors (Lipinski definition) is 1. The van der Waals surface area contributed by atoms with Crippen LogP contribution in [0.3, 0.4) is 0 Å². The number of amides is 1. The molecule has 0 aliphatic carbocycles. The average Bonchev–Trinajstić information content (AvgIpc) is 3.18. The first-order valence-corrected chi connectivity index (χ1v) is 12.3. The third-order valence-corrected chi connectivity index (χ3v) is 6.64. The Hall–Kier alpha value is -2.80. The summed E-state index contributed by atoms with van der Waals surface area (Å²) in [5.74, 6) is 1.73. The van der Waals surface area contributed by atoms with Crippen LogP contribution in [0.5, 0.6) is 5.75 Å². The first-order valence-electron chi connectivity index (χ1n) is 11.3. The van der Waals surface area contributed by atoms with Crippen molar-refractivity contribution in [1.29, 1.82) is 0 Å². The van der Waals surface area contributed by atoms with Crippen LogP contribution in [0.4, 0.5) is 5.69 Å². The van der Waals surface area contributed by atoms with Gasteiger partial charge in [0.25, 0.3) is 0 Å². The van der Waals surface area contributed by atoms with E-state index in [1.807, 2.05) is 62.6 Å². The fourth-order valence-electron chi connectivity index (χ4n) is 3.50. The molecule has 0 spiro atoms. The van der Waals surface area contributed by atoms with Crippen LogP contribution in [-0.4, -0.2) is 26.4 Å². The maximum Gasteiger partial charge on any atom is 0.234 e. The molecule has 176 valence electrons. The number of benzene rings is 2. The number of carbonyl (C=O) groups is 1. The number of anilines is 1. The van der Waals surface area contributed by atoms with E-state index in [-0.39, 0.29) is 23.2 Å². The fourth-order valence-corrected chi connectivity index (χ4v) is 4.31. The van der Waals surface area contributed by atoms with E-state index in [0.717, 1.165) is 28.4 Å². The van der Waals surface area contributed by atoms with Gasteiger partial charge in [-0.05, 0) is 68.0 Å². The molecule has 3 aromatic rings. The summed E-state index contributed by atoms with van der Waals surface area (Å²) in [5, 5.41) is 12.4. The summed E-state index contributed by atoms with van der Waals surface area (Å²) in [4.78, 5) is 12.5.